The van der Waals surface area contributed by atoms with Gasteiger partial charge in [0.15, 0.2) is 0 Å². The van der Waals surface area contributed by atoms with E-state index in [1.165, 1.54) is 89.9 Å². The monoisotopic (exact) mass is 326 g/mol. The van der Waals surface area contributed by atoms with E-state index in [2.05, 4.69) is 37.3 Å². The van der Waals surface area contributed by atoms with Crippen LogP contribution in [0.25, 0.3) is 0 Å². The first kappa shape index (κ1) is 18.0. The van der Waals surface area contributed by atoms with Gasteiger partial charge in [-0.1, -0.05) is 101 Å². The summed E-state index contributed by atoms with van der Waals surface area (Å²) in [4.78, 5) is 0. The van der Waals surface area contributed by atoms with Gasteiger partial charge in [-0.3, -0.25) is 0 Å². The van der Waals surface area contributed by atoms with Gasteiger partial charge in [-0.25, -0.2) is 0 Å². The summed E-state index contributed by atoms with van der Waals surface area (Å²) in [5.41, 5.74) is 2.17. The second kappa shape index (κ2) is 9.07. The van der Waals surface area contributed by atoms with Gasteiger partial charge in [0.25, 0.3) is 0 Å². The van der Waals surface area contributed by atoms with E-state index in [1.807, 2.05) is 0 Å². The second-order valence-electron chi connectivity index (χ2n) is 8.98. The zero-order valence-corrected chi connectivity index (χ0v) is 15.9. The van der Waals surface area contributed by atoms with Crippen molar-refractivity contribution in [1.82, 2.24) is 0 Å². The maximum Gasteiger partial charge on any atom is -0.0222 e. The maximum absolute atomic E-state index is 2.38. The topological polar surface area (TPSA) is 0 Å². The average molecular weight is 327 g/mol. The molecule has 1 atom stereocenters. The van der Waals surface area contributed by atoms with Crippen LogP contribution < -0.4 is 0 Å². The molecule has 1 unspecified atom stereocenters. The van der Waals surface area contributed by atoms with E-state index in [9.17, 15) is 0 Å². The first-order valence-corrected chi connectivity index (χ1v) is 10.8. The van der Waals surface area contributed by atoms with Crippen molar-refractivity contribution in [2.45, 2.75) is 96.8 Å². The summed E-state index contributed by atoms with van der Waals surface area (Å²) in [7, 11) is 0. The van der Waals surface area contributed by atoms with Gasteiger partial charge in [0.2, 0.25) is 0 Å². The summed E-state index contributed by atoms with van der Waals surface area (Å²) in [6.45, 7) is 2.37. The van der Waals surface area contributed by atoms with E-state index in [4.69, 9.17) is 0 Å². The van der Waals surface area contributed by atoms with E-state index in [-0.39, 0.29) is 0 Å². The van der Waals surface area contributed by atoms with Crippen molar-refractivity contribution in [2.75, 3.05) is 0 Å². The summed E-state index contributed by atoms with van der Waals surface area (Å²) in [6.07, 6.45) is 20.6. The molecule has 0 heteroatoms. The highest BCUT2D eigenvalue weighted by atomic mass is 14.4. The van der Waals surface area contributed by atoms with Gasteiger partial charge in [-0.05, 0) is 48.5 Å². The largest absolute Gasteiger partial charge is 0.0654 e. The molecular formula is C24H38. The van der Waals surface area contributed by atoms with Gasteiger partial charge in [0, 0.05) is 0 Å². The summed E-state index contributed by atoms with van der Waals surface area (Å²) >= 11 is 0. The highest BCUT2D eigenvalue weighted by molar-refractivity contribution is 5.17. The van der Waals surface area contributed by atoms with E-state index in [0.29, 0.717) is 5.41 Å². The summed E-state index contributed by atoms with van der Waals surface area (Å²) in [6, 6.07) is 11.4. The lowest BCUT2D eigenvalue weighted by Gasteiger charge is -2.43. The molecule has 0 saturated heterocycles. The van der Waals surface area contributed by atoms with Gasteiger partial charge in [-0.15, -0.1) is 0 Å². The van der Waals surface area contributed by atoms with Crippen LogP contribution in [0.4, 0.5) is 0 Å². The standard InChI is InChI=1S/C24H38/c1-2-3-17-24(20-23-15-10-16-23,18-21-11-6-4-7-12-21)19-22-13-8-5-9-14-22/h4,6-7,11-12,22-23H,2-3,5,8-10,13-20H2,1H3. The van der Waals surface area contributed by atoms with Crippen molar-refractivity contribution in [2.24, 2.45) is 17.3 Å². The molecule has 0 heterocycles. The number of hydrogen-bond donors (Lipinski definition) is 0. The minimum atomic E-state index is 0.588. The van der Waals surface area contributed by atoms with E-state index < -0.39 is 0 Å². The summed E-state index contributed by atoms with van der Waals surface area (Å²) in [5, 5.41) is 0. The predicted molar refractivity (Wildman–Crippen MR) is 105 cm³/mol. The van der Waals surface area contributed by atoms with Gasteiger partial charge in [-0.2, -0.15) is 0 Å². The Morgan fingerprint density at radius 3 is 2.00 bits per heavy atom. The fraction of sp³-hybridized carbons (Fsp3) is 0.750. The number of hydrogen-bond acceptors (Lipinski definition) is 0. The van der Waals surface area contributed by atoms with Crippen LogP contribution in [0.1, 0.15) is 96.0 Å². The Balaban J connectivity index is 1.76. The zero-order chi connectivity index (χ0) is 16.7. The fourth-order valence-corrected chi connectivity index (χ4v) is 5.41. The minimum Gasteiger partial charge on any atom is -0.0654 e. The lowest BCUT2D eigenvalue weighted by atomic mass is 9.62. The van der Waals surface area contributed by atoms with E-state index >= 15 is 0 Å². The molecule has 0 aromatic heterocycles. The zero-order valence-electron chi connectivity index (χ0n) is 15.9. The van der Waals surface area contributed by atoms with Gasteiger partial charge in [0.05, 0.1) is 0 Å². The van der Waals surface area contributed by atoms with Gasteiger partial charge in [0.1, 0.15) is 0 Å². The van der Waals surface area contributed by atoms with Gasteiger partial charge >= 0.3 is 0 Å². The highest BCUT2D eigenvalue weighted by Crippen LogP contribution is 2.48. The van der Waals surface area contributed by atoms with Crippen molar-refractivity contribution >= 4 is 0 Å². The molecule has 2 aliphatic rings. The molecular weight excluding hydrogens is 288 g/mol. The number of rotatable bonds is 9. The number of benzene rings is 1. The Kier molecular flexibility index (Phi) is 6.81. The van der Waals surface area contributed by atoms with Crippen LogP contribution in [-0.2, 0) is 6.42 Å². The molecule has 1 aromatic carbocycles. The summed E-state index contributed by atoms with van der Waals surface area (Å²) in [5.74, 6) is 2.05. The van der Waals surface area contributed by atoms with Crippen LogP contribution in [0.15, 0.2) is 30.3 Å². The smallest absolute Gasteiger partial charge is 0.0222 e. The molecule has 0 radical (unpaired) electrons. The molecule has 2 saturated carbocycles. The molecule has 24 heavy (non-hydrogen) atoms. The van der Waals surface area contributed by atoms with Gasteiger partial charge < -0.3 is 0 Å². The molecule has 0 spiro atoms. The van der Waals surface area contributed by atoms with Crippen LogP contribution in [0.5, 0.6) is 0 Å². The lowest BCUT2D eigenvalue weighted by Crippen LogP contribution is -2.32. The Morgan fingerprint density at radius 2 is 1.46 bits per heavy atom. The minimum absolute atomic E-state index is 0.588. The third-order valence-electron chi connectivity index (χ3n) is 6.88. The third kappa shape index (κ3) is 5.11. The van der Waals surface area contributed by atoms with Crippen molar-refractivity contribution in [3.8, 4) is 0 Å². The maximum atomic E-state index is 2.38. The summed E-state index contributed by atoms with van der Waals surface area (Å²) < 4.78 is 0. The van der Waals surface area contributed by atoms with Crippen molar-refractivity contribution in [1.29, 1.82) is 0 Å². The first-order chi connectivity index (χ1) is 11.8. The van der Waals surface area contributed by atoms with E-state index in [1.54, 1.807) is 5.56 Å². The number of unbranched alkanes of at least 4 members (excludes halogenated alkanes) is 1. The highest BCUT2D eigenvalue weighted by Gasteiger charge is 2.36. The van der Waals surface area contributed by atoms with Crippen LogP contribution in [0, 0.1) is 17.3 Å². The Bertz CT molecular complexity index is 452. The van der Waals surface area contributed by atoms with E-state index in [0.717, 1.165) is 11.8 Å². The van der Waals surface area contributed by atoms with Crippen molar-refractivity contribution in [3.05, 3.63) is 35.9 Å². The first-order valence-electron chi connectivity index (χ1n) is 10.8. The molecule has 0 nitrogen and oxygen atoms in total. The Morgan fingerprint density at radius 1 is 0.833 bits per heavy atom. The molecule has 0 aliphatic heterocycles. The molecule has 0 bridgehead atoms. The molecule has 2 fully saturated rings. The van der Waals surface area contributed by atoms with Crippen molar-refractivity contribution < 1.29 is 0 Å². The van der Waals surface area contributed by atoms with Crippen LogP contribution in [0.3, 0.4) is 0 Å². The molecule has 1 aromatic rings. The Hall–Kier alpha value is -0.780. The molecule has 2 aliphatic carbocycles. The molecule has 0 N–H and O–H groups in total. The SMILES string of the molecule is CCCCC(Cc1ccccc1)(CC1CCCCC1)CC1CCC1. The third-order valence-corrected chi connectivity index (χ3v) is 6.88. The quantitative estimate of drug-likeness (QED) is 0.439. The predicted octanol–water partition coefficient (Wildman–Crippen LogP) is 7.57. The average Bonchev–Trinajstić information content (AvgIpc) is 2.58. The molecule has 0 amide bonds. The normalized spacial score (nSPS) is 22.0. The second-order valence-corrected chi connectivity index (χ2v) is 8.98. The molecule has 134 valence electrons. The van der Waals surface area contributed by atoms with Crippen LogP contribution in [-0.4, -0.2) is 0 Å². The fourth-order valence-electron chi connectivity index (χ4n) is 5.41. The lowest BCUT2D eigenvalue weighted by molar-refractivity contribution is 0.0991. The van der Waals surface area contributed by atoms with Crippen molar-refractivity contribution in [3.63, 3.8) is 0 Å². The Labute approximate surface area is 150 Å². The van der Waals surface area contributed by atoms with Crippen LogP contribution >= 0.6 is 0 Å². The molecule has 3 rings (SSSR count). The van der Waals surface area contributed by atoms with Crippen LogP contribution in [0.2, 0.25) is 0 Å².